The molecule has 1 unspecified atom stereocenters. The minimum atomic E-state index is -0.483. The van der Waals surface area contributed by atoms with E-state index in [2.05, 4.69) is 5.32 Å². The number of nitrogens with two attached hydrogens (primary N) is 1. The average Bonchev–Trinajstić information content (AvgIpc) is 2.20. The lowest BCUT2D eigenvalue weighted by atomic mass is 10.1. The van der Waals surface area contributed by atoms with E-state index in [1.54, 1.807) is 11.8 Å². The molecule has 0 bridgehead atoms. The maximum atomic E-state index is 11.7. The SMILES string of the molecule is CC[C@@H](N)C(=O)N1CCNC(=O)C1C. The van der Waals surface area contributed by atoms with Gasteiger partial charge in [0.05, 0.1) is 6.04 Å². The highest BCUT2D eigenvalue weighted by Gasteiger charge is 2.31. The summed E-state index contributed by atoms with van der Waals surface area (Å²) in [7, 11) is 0. The molecule has 1 rings (SSSR count). The van der Waals surface area contributed by atoms with Gasteiger partial charge in [0.2, 0.25) is 11.8 Å². The molecule has 1 aliphatic rings. The largest absolute Gasteiger partial charge is 0.353 e. The molecular weight excluding hydrogens is 182 g/mol. The lowest BCUT2D eigenvalue weighted by Gasteiger charge is -2.34. The van der Waals surface area contributed by atoms with Gasteiger partial charge in [-0.15, -0.1) is 0 Å². The van der Waals surface area contributed by atoms with Crippen LogP contribution >= 0.6 is 0 Å². The Labute approximate surface area is 83.6 Å². The lowest BCUT2D eigenvalue weighted by Crippen LogP contribution is -2.59. The molecule has 1 fully saturated rings. The van der Waals surface area contributed by atoms with E-state index in [9.17, 15) is 9.59 Å². The van der Waals surface area contributed by atoms with Crippen molar-refractivity contribution in [2.75, 3.05) is 13.1 Å². The van der Waals surface area contributed by atoms with Crippen molar-refractivity contribution in [1.29, 1.82) is 0 Å². The minimum Gasteiger partial charge on any atom is -0.353 e. The second-order valence-corrected chi connectivity index (χ2v) is 3.51. The van der Waals surface area contributed by atoms with E-state index in [4.69, 9.17) is 5.73 Å². The fourth-order valence-corrected chi connectivity index (χ4v) is 1.47. The second-order valence-electron chi connectivity index (χ2n) is 3.51. The molecule has 0 aromatic carbocycles. The number of nitrogens with one attached hydrogen (secondary N) is 1. The van der Waals surface area contributed by atoms with Gasteiger partial charge in [-0.1, -0.05) is 6.92 Å². The number of piperazine rings is 1. The molecular formula is C9H17N3O2. The number of rotatable bonds is 2. The molecule has 0 aromatic heterocycles. The summed E-state index contributed by atoms with van der Waals surface area (Å²) >= 11 is 0. The first-order chi connectivity index (χ1) is 6.57. The van der Waals surface area contributed by atoms with E-state index in [-0.39, 0.29) is 11.8 Å². The molecule has 1 saturated heterocycles. The summed E-state index contributed by atoms with van der Waals surface area (Å²) in [5.41, 5.74) is 5.63. The third-order valence-corrected chi connectivity index (χ3v) is 2.54. The van der Waals surface area contributed by atoms with E-state index >= 15 is 0 Å². The monoisotopic (exact) mass is 199 g/mol. The summed E-state index contributed by atoms with van der Waals surface area (Å²) in [6, 6.07) is -0.878. The van der Waals surface area contributed by atoms with Crippen molar-refractivity contribution in [3.05, 3.63) is 0 Å². The van der Waals surface area contributed by atoms with Crippen LogP contribution < -0.4 is 11.1 Å². The van der Waals surface area contributed by atoms with Crippen molar-refractivity contribution < 1.29 is 9.59 Å². The maximum absolute atomic E-state index is 11.7. The van der Waals surface area contributed by atoms with E-state index < -0.39 is 12.1 Å². The Hall–Kier alpha value is -1.10. The van der Waals surface area contributed by atoms with Crippen LogP contribution in [0.4, 0.5) is 0 Å². The van der Waals surface area contributed by atoms with Crippen molar-refractivity contribution >= 4 is 11.8 Å². The molecule has 5 heteroatoms. The number of nitrogens with zero attached hydrogens (tertiary/aromatic N) is 1. The normalized spacial score (nSPS) is 24.4. The Morgan fingerprint density at radius 2 is 2.43 bits per heavy atom. The zero-order valence-corrected chi connectivity index (χ0v) is 8.62. The molecule has 80 valence electrons. The van der Waals surface area contributed by atoms with Gasteiger partial charge in [0.1, 0.15) is 6.04 Å². The maximum Gasteiger partial charge on any atom is 0.242 e. The van der Waals surface area contributed by atoms with Crippen LogP contribution in [-0.4, -0.2) is 41.9 Å². The highest BCUT2D eigenvalue weighted by molar-refractivity contribution is 5.90. The van der Waals surface area contributed by atoms with Crippen LogP contribution in [0, 0.1) is 0 Å². The first-order valence-corrected chi connectivity index (χ1v) is 4.91. The van der Waals surface area contributed by atoms with Crippen LogP contribution in [0.5, 0.6) is 0 Å². The number of hydrogen-bond donors (Lipinski definition) is 2. The van der Waals surface area contributed by atoms with Gasteiger partial charge in [0, 0.05) is 13.1 Å². The van der Waals surface area contributed by atoms with Crippen LogP contribution in [0.3, 0.4) is 0 Å². The third-order valence-electron chi connectivity index (χ3n) is 2.54. The molecule has 14 heavy (non-hydrogen) atoms. The van der Waals surface area contributed by atoms with Gasteiger partial charge in [-0.3, -0.25) is 9.59 Å². The van der Waals surface area contributed by atoms with E-state index in [0.29, 0.717) is 19.5 Å². The lowest BCUT2D eigenvalue weighted by molar-refractivity contribution is -0.143. The molecule has 0 aromatic rings. The summed E-state index contributed by atoms with van der Waals surface area (Å²) in [6.45, 7) is 4.65. The predicted molar refractivity (Wildman–Crippen MR) is 52.5 cm³/mol. The summed E-state index contributed by atoms with van der Waals surface area (Å²) in [4.78, 5) is 24.5. The van der Waals surface area contributed by atoms with Gasteiger partial charge in [0.15, 0.2) is 0 Å². The predicted octanol–water partition coefficient (Wildman–Crippen LogP) is -0.929. The molecule has 2 amide bonds. The molecule has 0 radical (unpaired) electrons. The van der Waals surface area contributed by atoms with Crippen LogP contribution in [0.25, 0.3) is 0 Å². The average molecular weight is 199 g/mol. The Morgan fingerprint density at radius 1 is 1.79 bits per heavy atom. The third kappa shape index (κ3) is 2.04. The smallest absolute Gasteiger partial charge is 0.242 e. The summed E-state index contributed by atoms with van der Waals surface area (Å²) in [5.74, 6) is -0.234. The standard InChI is InChI=1S/C9H17N3O2/c1-3-7(10)9(14)12-5-4-11-8(13)6(12)2/h6-7H,3-5,10H2,1-2H3,(H,11,13)/t6?,7-/m1/s1. The summed E-state index contributed by atoms with van der Waals surface area (Å²) < 4.78 is 0. The van der Waals surface area contributed by atoms with Crippen LogP contribution in [-0.2, 0) is 9.59 Å². The molecule has 1 aliphatic heterocycles. The van der Waals surface area contributed by atoms with Gasteiger partial charge < -0.3 is 16.0 Å². The number of carbonyl (C=O) groups is 2. The van der Waals surface area contributed by atoms with Crippen molar-refractivity contribution in [3.8, 4) is 0 Å². The molecule has 0 saturated carbocycles. The fraction of sp³-hybridized carbons (Fsp3) is 0.778. The molecule has 1 heterocycles. The van der Waals surface area contributed by atoms with Gasteiger partial charge in [-0.05, 0) is 13.3 Å². The fourth-order valence-electron chi connectivity index (χ4n) is 1.47. The molecule has 0 spiro atoms. The molecule has 3 N–H and O–H groups in total. The second kappa shape index (κ2) is 4.41. The number of carbonyl (C=O) groups excluding carboxylic acids is 2. The Kier molecular flexibility index (Phi) is 3.46. The van der Waals surface area contributed by atoms with Gasteiger partial charge in [-0.25, -0.2) is 0 Å². The Morgan fingerprint density at radius 3 is 3.00 bits per heavy atom. The van der Waals surface area contributed by atoms with E-state index in [1.165, 1.54) is 0 Å². The highest BCUT2D eigenvalue weighted by Crippen LogP contribution is 2.06. The first kappa shape index (κ1) is 11.0. The number of hydrogen-bond acceptors (Lipinski definition) is 3. The van der Waals surface area contributed by atoms with Crippen LogP contribution in [0.1, 0.15) is 20.3 Å². The topological polar surface area (TPSA) is 75.4 Å². The summed E-state index contributed by atoms with van der Waals surface area (Å²) in [6.07, 6.45) is 0.601. The Bertz CT molecular complexity index is 242. The van der Waals surface area contributed by atoms with Crippen molar-refractivity contribution in [3.63, 3.8) is 0 Å². The molecule has 2 atom stereocenters. The Balaban J connectivity index is 2.66. The molecule has 5 nitrogen and oxygen atoms in total. The van der Waals surface area contributed by atoms with Crippen molar-refractivity contribution in [1.82, 2.24) is 10.2 Å². The zero-order valence-electron chi connectivity index (χ0n) is 8.62. The quantitative estimate of drug-likeness (QED) is 0.603. The zero-order chi connectivity index (χ0) is 10.7. The van der Waals surface area contributed by atoms with Gasteiger partial charge in [-0.2, -0.15) is 0 Å². The van der Waals surface area contributed by atoms with E-state index in [1.807, 2.05) is 6.92 Å². The van der Waals surface area contributed by atoms with Crippen LogP contribution in [0.15, 0.2) is 0 Å². The summed E-state index contributed by atoms with van der Waals surface area (Å²) in [5, 5.41) is 2.70. The number of amides is 2. The van der Waals surface area contributed by atoms with Crippen molar-refractivity contribution in [2.24, 2.45) is 5.73 Å². The van der Waals surface area contributed by atoms with Gasteiger partial charge >= 0.3 is 0 Å². The minimum absolute atomic E-state index is 0.104. The molecule has 0 aliphatic carbocycles. The van der Waals surface area contributed by atoms with E-state index in [0.717, 1.165) is 0 Å². The highest BCUT2D eigenvalue weighted by atomic mass is 16.2. The van der Waals surface area contributed by atoms with Crippen molar-refractivity contribution in [2.45, 2.75) is 32.4 Å². The van der Waals surface area contributed by atoms with Gasteiger partial charge in [0.25, 0.3) is 0 Å². The van der Waals surface area contributed by atoms with Crippen LogP contribution in [0.2, 0.25) is 0 Å². The first-order valence-electron chi connectivity index (χ1n) is 4.91.